The SMILES string of the molecule is CC12C=NC(Br)=NC1=NC=N2. The van der Waals surface area contributed by atoms with E-state index in [1.165, 1.54) is 6.34 Å². The second-order valence-corrected chi connectivity index (χ2v) is 3.19. The van der Waals surface area contributed by atoms with Gasteiger partial charge in [-0.1, -0.05) is 0 Å². The summed E-state index contributed by atoms with van der Waals surface area (Å²) in [6.07, 6.45) is 3.24. The maximum atomic E-state index is 4.12. The van der Waals surface area contributed by atoms with Crippen LogP contribution in [0.1, 0.15) is 6.92 Å². The average molecular weight is 213 g/mol. The van der Waals surface area contributed by atoms with Crippen LogP contribution in [0.25, 0.3) is 0 Å². The van der Waals surface area contributed by atoms with Gasteiger partial charge >= 0.3 is 0 Å². The molecule has 0 aliphatic carbocycles. The van der Waals surface area contributed by atoms with Crippen molar-refractivity contribution in [2.24, 2.45) is 20.0 Å². The number of halogens is 1. The van der Waals surface area contributed by atoms with E-state index in [1.54, 1.807) is 6.21 Å². The molecule has 11 heavy (non-hydrogen) atoms. The van der Waals surface area contributed by atoms with E-state index in [2.05, 4.69) is 35.9 Å². The van der Waals surface area contributed by atoms with Crippen LogP contribution >= 0.6 is 15.9 Å². The van der Waals surface area contributed by atoms with Crippen molar-refractivity contribution < 1.29 is 0 Å². The first kappa shape index (κ1) is 6.84. The monoisotopic (exact) mass is 212 g/mol. The maximum Gasteiger partial charge on any atom is 0.198 e. The van der Waals surface area contributed by atoms with Crippen molar-refractivity contribution in [1.29, 1.82) is 0 Å². The number of fused-ring (bicyclic) bond motifs is 1. The molecular weight excluding hydrogens is 208 g/mol. The van der Waals surface area contributed by atoms with Crippen LogP contribution in [0.3, 0.4) is 0 Å². The Kier molecular flexibility index (Phi) is 1.29. The minimum absolute atomic E-state index is 0.419. The van der Waals surface area contributed by atoms with Crippen molar-refractivity contribution in [3.05, 3.63) is 0 Å². The van der Waals surface area contributed by atoms with Crippen LogP contribution in [0.5, 0.6) is 0 Å². The van der Waals surface area contributed by atoms with Crippen LogP contribution < -0.4 is 0 Å². The molecule has 2 aliphatic rings. The molecular formula is C6H5BrN4. The van der Waals surface area contributed by atoms with E-state index in [4.69, 9.17) is 0 Å². The minimum Gasteiger partial charge on any atom is -0.253 e. The Morgan fingerprint density at radius 1 is 1.55 bits per heavy atom. The summed E-state index contributed by atoms with van der Waals surface area (Å²) in [7, 11) is 0. The predicted molar refractivity (Wildman–Crippen MR) is 49.2 cm³/mol. The highest BCUT2D eigenvalue weighted by Crippen LogP contribution is 2.19. The first-order valence-electron chi connectivity index (χ1n) is 3.12. The van der Waals surface area contributed by atoms with E-state index in [1.807, 2.05) is 6.92 Å². The first-order chi connectivity index (χ1) is 5.21. The van der Waals surface area contributed by atoms with Crippen molar-refractivity contribution in [2.75, 3.05) is 0 Å². The molecule has 1 atom stereocenters. The fourth-order valence-corrected chi connectivity index (χ4v) is 1.19. The zero-order valence-corrected chi connectivity index (χ0v) is 7.41. The van der Waals surface area contributed by atoms with Gasteiger partial charge in [0.05, 0.1) is 0 Å². The molecule has 0 N–H and O–H groups in total. The number of amidine groups is 2. The largest absolute Gasteiger partial charge is 0.253 e. The highest BCUT2D eigenvalue weighted by atomic mass is 79.9. The van der Waals surface area contributed by atoms with Crippen LogP contribution in [-0.4, -0.2) is 28.7 Å². The van der Waals surface area contributed by atoms with Crippen LogP contribution in [0, 0.1) is 0 Å². The molecule has 0 saturated heterocycles. The summed E-state index contributed by atoms with van der Waals surface area (Å²) in [5.74, 6) is 0.694. The lowest BCUT2D eigenvalue weighted by atomic mass is 10.0. The lowest BCUT2D eigenvalue weighted by Gasteiger charge is -2.17. The molecule has 0 fully saturated rings. The van der Waals surface area contributed by atoms with Gasteiger partial charge in [0, 0.05) is 6.21 Å². The molecule has 5 heteroatoms. The molecule has 1 unspecified atom stereocenters. The number of hydrogen-bond acceptors (Lipinski definition) is 4. The third-order valence-electron chi connectivity index (χ3n) is 1.58. The standard InChI is InChI=1S/C6H5BrN4/c1-6-2-8-5(7)11-4(6)9-3-10-6/h2-3H,1H3. The van der Waals surface area contributed by atoms with Gasteiger partial charge in [0.1, 0.15) is 6.34 Å². The normalized spacial score (nSPS) is 33.3. The number of rotatable bonds is 0. The number of hydrogen-bond donors (Lipinski definition) is 0. The molecule has 2 aliphatic heterocycles. The number of aliphatic imine (C=N–C) groups is 4. The predicted octanol–water partition coefficient (Wildman–Crippen LogP) is 1.02. The van der Waals surface area contributed by atoms with Crippen molar-refractivity contribution in [1.82, 2.24) is 0 Å². The topological polar surface area (TPSA) is 49.4 Å². The maximum absolute atomic E-state index is 4.12. The Morgan fingerprint density at radius 3 is 3.18 bits per heavy atom. The summed E-state index contributed by atoms with van der Waals surface area (Å²) in [6.45, 7) is 1.92. The van der Waals surface area contributed by atoms with E-state index in [9.17, 15) is 0 Å². The van der Waals surface area contributed by atoms with Crippen molar-refractivity contribution in [3.63, 3.8) is 0 Å². The lowest BCUT2D eigenvalue weighted by molar-refractivity contribution is 0.860. The molecule has 0 aromatic carbocycles. The average Bonchev–Trinajstić information content (AvgIpc) is 2.31. The number of nitrogens with zero attached hydrogens (tertiary/aromatic N) is 4. The van der Waals surface area contributed by atoms with Gasteiger partial charge in [-0.25, -0.2) is 15.0 Å². The Balaban J connectivity index is 2.49. The highest BCUT2D eigenvalue weighted by Gasteiger charge is 2.33. The third-order valence-corrected chi connectivity index (χ3v) is 1.96. The van der Waals surface area contributed by atoms with Crippen molar-refractivity contribution in [3.8, 4) is 0 Å². The van der Waals surface area contributed by atoms with Crippen LogP contribution in [0.15, 0.2) is 20.0 Å². The van der Waals surface area contributed by atoms with Gasteiger partial charge in [0.25, 0.3) is 0 Å². The van der Waals surface area contributed by atoms with Crippen molar-refractivity contribution in [2.45, 2.75) is 12.5 Å². The lowest BCUT2D eigenvalue weighted by Crippen LogP contribution is -2.34. The smallest absolute Gasteiger partial charge is 0.198 e. The van der Waals surface area contributed by atoms with Gasteiger partial charge in [-0.2, -0.15) is 0 Å². The Labute approximate surface area is 72.0 Å². The van der Waals surface area contributed by atoms with E-state index < -0.39 is 5.54 Å². The summed E-state index contributed by atoms with van der Waals surface area (Å²) < 4.78 is 0.555. The van der Waals surface area contributed by atoms with Crippen LogP contribution in [-0.2, 0) is 0 Å². The highest BCUT2D eigenvalue weighted by molar-refractivity contribution is 9.18. The minimum atomic E-state index is -0.419. The van der Waals surface area contributed by atoms with Gasteiger partial charge < -0.3 is 0 Å². The Morgan fingerprint density at radius 2 is 2.36 bits per heavy atom. The molecule has 0 radical (unpaired) electrons. The fraction of sp³-hybridized carbons (Fsp3) is 0.333. The molecule has 0 aromatic rings. The summed E-state index contributed by atoms with van der Waals surface area (Å²) in [6, 6.07) is 0. The quantitative estimate of drug-likeness (QED) is 0.539. The van der Waals surface area contributed by atoms with Crippen LogP contribution in [0.2, 0.25) is 0 Å². The van der Waals surface area contributed by atoms with Gasteiger partial charge in [-0.3, -0.25) is 4.99 Å². The zero-order valence-electron chi connectivity index (χ0n) is 5.82. The molecule has 0 bridgehead atoms. The molecule has 0 spiro atoms. The fourth-order valence-electron chi connectivity index (χ4n) is 0.920. The molecule has 0 saturated carbocycles. The molecule has 0 amide bonds. The second kappa shape index (κ2) is 2.07. The molecule has 0 aromatic heterocycles. The van der Waals surface area contributed by atoms with Gasteiger partial charge in [-0.15, -0.1) is 0 Å². The van der Waals surface area contributed by atoms with E-state index in [-0.39, 0.29) is 0 Å². The van der Waals surface area contributed by atoms with Crippen molar-refractivity contribution >= 4 is 39.1 Å². The molecule has 2 heterocycles. The van der Waals surface area contributed by atoms with Gasteiger partial charge in [-0.05, 0) is 22.9 Å². The van der Waals surface area contributed by atoms with Gasteiger partial charge in [0.2, 0.25) is 0 Å². The zero-order chi connectivity index (χ0) is 7.90. The summed E-state index contributed by atoms with van der Waals surface area (Å²) in [4.78, 5) is 16.2. The van der Waals surface area contributed by atoms with Gasteiger partial charge in [0.15, 0.2) is 16.1 Å². The van der Waals surface area contributed by atoms with E-state index >= 15 is 0 Å². The third kappa shape index (κ3) is 0.956. The van der Waals surface area contributed by atoms with E-state index in [0.717, 1.165) is 0 Å². The Bertz CT molecular complexity index is 315. The molecule has 4 nitrogen and oxygen atoms in total. The molecule has 2 rings (SSSR count). The summed E-state index contributed by atoms with van der Waals surface area (Å²) >= 11 is 3.16. The summed E-state index contributed by atoms with van der Waals surface area (Å²) in [5.41, 5.74) is -0.419. The second-order valence-electron chi connectivity index (χ2n) is 2.48. The summed E-state index contributed by atoms with van der Waals surface area (Å²) in [5, 5.41) is 0. The molecule has 56 valence electrons. The van der Waals surface area contributed by atoms with Crippen LogP contribution in [0.4, 0.5) is 0 Å². The Hall–Kier alpha value is -0.840. The van der Waals surface area contributed by atoms with E-state index in [0.29, 0.717) is 10.6 Å². The first-order valence-corrected chi connectivity index (χ1v) is 3.91.